The highest BCUT2D eigenvalue weighted by Gasteiger charge is 2.17. The van der Waals surface area contributed by atoms with Crippen LogP contribution in [0.15, 0.2) is 48.6 Å². The first-order valence-electron chi connectivity index (χ1n) is 7.67. The number of carbonyl (C=O) groups excluding carboxylic acids is 1. The summed E-state index contributed by atoms with van der Waals surface area (Å²) in [4.78, 5) is 11.0. The van der Waals surface area contributed by atoms with Gasteiger partial charge in [0, 0.05) is 11.5 Å². The number of carbonyl (C=O) groups is 1. The molecule has 0 bridgehead atoms. The van der Waals surface area contributed by atoms with Gasteiger partial charge in [-0.3, -0.25) is 0 Å². The summed E-state index contributed by atoms with van der Waals surface area (Å²) >= 11 is 0. The fraction of sp³-hybridized carbons (Fsp3) is 0.421. The van der Waals surface area contributed by atoms with Crippen LogP contribution in [0.4, 0.5) is 0 Å². The highest BCUT2D eigenvalue weighted by atomic mass is 16.5. The summed E-state index contributed by atoms with van der Waals surface area (Å²) < 4.78 is 10.3. The first-order chi connectivity index (χ1) is 10.5. The van der Waals surface area contributed by atoms with E-state index in [0.29, 0.717) is 0 Å². The van der Waals surface area contributed by atoms with Gasteiger partial charge in [-0.2, -0.15) is 0 Å². The number of methoxy groups -OCH3 is 1. The molecule has 22 heavy (non-hydrogen) atoms. The first kappa shape index (κ1) is 18.0. The molecule has 0 unspecified atom stereocenters. The van der Waals surface area contributed by atoms with Crippen LogP contribution in [0.5, 0.6) is 5.75 Å². The zero-order chi connectivity index (χ0) is 16.4. The van der Waals surface area contributed by atoms with E-state index < -0.39 is 0 Å². The summed E-state index contributed by atoms with van der Waals surface area (Å²) in [7, 11) is 1.37. The van der Waals surface area contributed by atoms with Gasteiger partial charge in [0.2, 0.25) is 0 Å². The Morgan fingerprint density at radius 2 is 2.05 bits per heavy atom. The SMILES string of the molecule is CCCCOc1cccc(C(C)(C)/C=C/C=C/C(=O)OC)c1. The number of benzene rings is 1. The van der Waals surface area contributed by atoms with Crippen molar-refractivity contribution in [3.8, 4) is 5.75 Å². The standard InChI is InChI=1S/C19H26O3/c1-5-6-14-22-17-11-9-10-16(15-17)19(2,3)13-8-7-12-18(20)21-4/h7-13,15H,5-6,14H2,1-4H3/b12-7+,13-8+. The van der Waals surface area contributed by atoms with E-state index in [0.717, 1.165) is 25.2 Å². The minimum atomic E-state index is -0.353. The minimum absolute atomic E-state index is 0.148. The molecule has 0 aromatic heterocycles. The number of unbranched alkanes of at least 4 members (excludes halogenated alkanes) is 1. The van der Waals surface area contributed by atoms with Gasteiger partial charge in [-0.1, -0.05) is 57.6 Å². The largest absolute Gasteiger partial charge is 0.494 e. The van der Waals surface area contributed by atoms with E-state index in [4.69, 9.17) is 4.74 Å². The Morgan fingerprint density at radius 3 is 2.73 bits per heavy atom. The topological polar surface area (TPSA) is 35.5 Å². The maximum absolute atomic E-state index is 11.0. The molecule has 3 heteroatoms. The molecule has 0 radical (unpaired) electrons. The van der Waals surface area contributed by atoms with E-state index in [9.17, 15) is 4.79 Å². The van der Waals surface area contributed by atoms with Crippen molar-refractivity contribution in [1.82, 2.24) is 0 Å². The molecule has 0 aliphatic carbocycles. The lowest BCUT2D eigenvalue weighted by atomic mass is 9.84. The van der Waals surface area contributed by atoms with Gasteiger partial charge in [0.1, 0.15) is 5.75 Å². The van der Waals surface area contributed by atoms with Crippen LogP contribution in [-0.4, -0.2) is 19.7 Å². The third-order valence-electron chi connectivity index (χ3n) is 3.40. The molecule has 0 aliphatic heterocycles. The lowest BCUT2D eigenvalue weighted by Crippen LogP contribution is -2.13. The van der Waals surface area contributed by atoms with Crippen molar-refractivity contribution in [3.63, 3.8) is 0 Å². The number of hydrogen-bond acceptors (Lipinski definition) is 3. The van der Waals surface area contributed by atoms with Crippen LogP contribution < -0.4 is 4.74 Å². The van der Waals surface area contributed by atoms with E-state index in [1.54, 1.807) is 6.08 Å². The molecule has 1 aromatic rings. The highest BCUT2D eigenvalue weighted by Crippen LogP contribution is 2.27. The Balaban J connectivity index is 2.75. The molecule has 1 aromatic carbocycles. The zero-order valence-electron chi connectivity index (χ0n) is 14.0. The van der Waals surface area contributed by atoms with Crippen LogP contribution in [0, 0.1) is 0 Å². The van der Waals surface area contributed by atoms with E-state index >= 15 is 0 Å². The third-order valence-corrected chi connectivity index (χ3v) is 3.40. The molecule has 0 N–H and O–H groups in total. The third kappa shape index (κ3) is 6.17. The molecular formula is C19H26O3. The molecule has 0 atom stereocenters. The van der Waals surface area contributed by atoms with Crippen LogP contribution in [0.2, 0.25) is 0 Å². The van der Waals surface area contributed by atoms with Crippen molar-refractivity contribution in [3.05, 3.63) is 54.1 Å². The van der Waals surface area contributed by atoms with Crippen molar-refractivity contribution in [2.45, 2.75) is 39.0 Å². The van der Waals surface area contributed by atoms with Crippen molar-refractivity contribution >= 4 is 5.97 Å². The molecular weight excluding hydrogens is 276 g/mol. The average molecular weight is 302 g/mol. The molecule has 120 valence electrons. The van der Waals surface area contributed by atoms with Crippen LogP contribution in [0.1, 0.15) is 39.2 Å². The highest BCUT2D eigenvalue weighted by molar-refractivity contribution is 5.82. The maximum Gasteiger partial charge on any atom is 0.330 e. The second kappa shape index (κ2) is 9.08. The predicted molar refractivity (Wildman–Crippen MR) is 90.2 cm³/mol. The van der Waals surface area contributed by atoms with Crippen LogP contribution in [0.3, 0.4) is 0 Å². The number of hydrogen-bond donors (Lipinski definition) is 0. The van der Waals surface area contributed by atoms with Gasteiger partial charge >= 0.3 is 5.97 Å². The van der Waals surface area contributed by atoms with E-state index in [1.807, 2.05) is 18.2 Å². The van der Waals surface area contributed by atoms with Gasteiger partial charge in [0.05, 0.1) is 13.7 Å². The summed E-state index contributed by atoms with van der Waals surface area (Å²) in [6, 6.07) is 8.15. The van der Waals surface area contributed by atoms with Gasteiger partial charge in [-0.15, -0.1) is 0 Å². The van der Waals surface area contributed by atoms with Crippen LogP contribution >= 0.6 is 0 Å². The Bertz CT molecular complexity index is 527. The van der Waals surface area contributed by atoms with Crippen LogP contribution in [-0.2, 0) is 14.9 Å². The molecule has 0 spiro atoms. The normalized spacial score (nSPS) is 12.0. The number of ether oxygens (including phenoxy) is 2. The Morgan fingerprint density at radius 1 is 1.27 bits per heavy atom. The van der Waals surface area contributed by atoms with Gasteiger partial charge in [-0.25, -0.2) is 4.79 Å². The number of esters is 1. The molecule has 3 nitrogen and oxygen atoms in total. The second-order valence-electron chi connectivity index (χ2n) is 5.69. The minimum Gasteiger partial charge on any atom is -0.494 e. The monoisotopic (exact) mass is 302 g/mol. The lowest BCUT2D eigenvalue weighted by molar-refractivity contribution is -0.134. The van der Waals surface area contributed by atoms with Crippen molar-refractivity contribution in [2.24, 2.45) is 0 Å². The number of allylic oxidation sites excluding steroid dienone is 3. The maximum atomic E-state index is 11.0. The van der Waals surface area contributed by atoms with Crippen molar-refractivity contribution in [1.29, 1.82) is 0 Å². The smallest absolute Gasteiger partial charge is 0.330 e. The fourth-order valence-corrected chi connectivity index (χ4v) is 1.92. The molecule has 0 heterocycles. The summed E-state index contributed by atoms with van der Waals surface area (Å²) in [6.45, 7) is 7.15. The molecule has 1 rings (SSSR count). The Kier molecular flexibility index (Phi) is 7.44. The van der Waals surface area contributed by atoms with E-state index in [2.05, 4.69) is 43.7 Å². The lowest BCUT2D eigenvalue weighted by Gasteiger charge is -2.21. The molecule has 0 amide bonds. The summed E-state index contributed by atoms with van der Waals surface area (Å²) in [5, 5.41) is 0. The van der Waals surface area contributed by atoms with Crippen molar-refractivity contribution in [2.75, 3.05) is 13.7 Å². The Labute approximate surface area is 133 Å². The Hall–Kier alpha value is -2.03. The predicted octanol–water partition coefficient (Wildman–Crippen LogP) is 4.43. The van der Waals surface area contributed by atoms with E-state index in [-0.39, 0.29) is 11.4 Å². The molecule has 0 aliphatic rings. The van der Waals surface area contributed by atoms with Gasteiger partial charge in [-0.05, 0) is 24.1 Å². The zero-order valence-corrected chi connectivity index (χ0v) is 14.0. The summed E-state index contributed by atoms with van der Waals surface area (Å²) in [5.41, 5.74) is 1.02. The van der Waals surface area contributed by atoms with Crippen molar-refractivity contribution < 1.29 is 14.3 Å². The molecule has 0 saturated carbocycles. The van der Waals surface area contributed by atoms with Gasteiger partial charge in [0.25, 0.3) is 0 Å². The molecule has 0 saturated heterocycles. The average Bonchev–Trinajstić information content (AvgIpc) is 2.52. The summed E-state index contributed by atoms with van der Waals surface area (Å²) in [6.07, 6.45) is 9.19. The first-order valence-corrected chi connectivity index (χ1v) is 7.67. The van der Waals surface area contributed by atoms with Crippen LogP contribution in [0.25, 0.3) is 0 Å². The second-order valence-corrected chi connectivity index (χ2v) is 5.69. The van der Waals surface area contributed by atoms with E-state index in [1.165, 1.54) is 18.7 Å². The summed E-state index contributed by atoms with van der Waals surface area (Å²) in [5.74, 6) is 0.548. The number of rotatable bonds is 8. The van der Waals surface area contributed by atoms with Gasteiger partial charge in [0.15, 0.2) is 0 Å². The fourth-order valence-electron chi connectivity index (χ4n) is 1.92. The quantitative estimate of drug-likeness (QED) is 0.308. The molecule has 0 fully saturated rings. The van der Waals surface area contributed by atoms with Gasteiger partial charge < -0.3 is 9.47 Å².